The highest BCUT2D eigenvalue weighted by Crippen LogP contribution is 2.21. The van der Waals surface area contributed by atoms with E-state index in [0.29, 0.717) is 0 Å². The molecule has 0 amide bonds. The van der Waals surface area contributed by atoms with Crippen molar-refractivity contribution in [1.29, 1.82) is 0 Å². The van der Waals surface area contributed by atoms with Crippen molar-refractivity contribution >= 4 is 23.0 Å². The minimum absolute atomic E-state index is 0.762. The van der Waals surface area contributed by atoms with Gasteiger partial charge in [0.2, 0.25) is 0 Å². The van der Waals surface area contributed by atoms with Crippen LogP contribution in [0.2, 0.25) is 0 Å². The van der Waals surface area contributed by atoms with E-state index < -0.39 is 0 Å². The molecule has 1 aliphatic heterocycles. The summed E-state index contributed by atoms with van der Waals surface area (Å²) < 4.78 is 5.23. The molecular formula is C17H18N2OS. The Labute approximate surface area is 130 Å². The van der Waals surface area contributed by atoms with Crippen molar-refractivity contribution in [2.45, 2.75) is 13.0 Å². The van der Waals surface area contributed by atoms with Gasteiger partial charge >= 0.3 is 0 Å². The van der Waals surface area contributed by atoms with Crippen LogP contribution in [0.1, 0.15) is 11.1 Å². The standard InChI is InChI=1S/C17H18N2OS/c1-20-16-8-4-7-15(11-16)18-17(21)19-10-9-13-5-2-3-6-14(13)12-19/h2-8,11H,9-10,12H2,1H3,(H,18,21). The number of hydrogen-bond donors (Lipinski definition) is 1. The number of hydrogen-bond acceptors (Lipinski definition) is 2. The molecule has 1 aliphatic rings. The van der Waals surface area contributed by atoms with Gasteiger partial charge in [-0.05, 0) is 41.9 Å². The number of fused-ring (bicyclic) bond motifs is 1. The number of rotatable bonds is 2. The number of nitrogens with one attached hydrogen (secondary N) is 1. The Morgan fingerprint density at radius 2 is 1.95 bits per heavy atom. The molecule has 0 saturated heterocycles. The van der Waals surface area contributed by atoms with E-state index in [1.54, 1.807) is 7.11 Å². The summed E-state index contributed by atoms with van der Waals surface area (Å²) in [5.41, 5.74) is 3.75. The number of benzene rings is 2. The first-order valence-electron chi connectivity index (χ1n) is 7.03. The first-order valence-corrected chi connectivity index (χ1v) is 7.44. The topological polar surface area (TPSA) is 24.5 Å². The van der Waals surface area contributed by atoms with E-state index in [2.05, 4.69) is 34.5 Å². The van der Waals surface area contributed by atoms with E-state index in [-0.39, 0.29) is 0 Å². The zero-order valence-corrected chi connectivity index (χ0v) is 12.8. The van der Waals surface area contributed by atoms with Gasteiger partial charge in [-0.15, -0.1) is 0 Å². The van der Waals surface area contributed by atoms with Gasteiger partial charge in [-0.2, -0.15) is 0 Å². The Hall–Kier alpha value is -2.07. The molecule has 0 saturated carbocycles. The summed E-state index contributed by atoms with van der Waals surface area (Å²) >= 11 is 5.54. The third-order valence-electron chi connectivity index (χ3n) is 3.74. The predicted molar refractivity (Wildman–Crippen MR) is 89.8 cm³/mol. The van der Waals surface area contributed by atoms with Gasteiger partial charge in [-0.25, -0.2) is 0 Å². The third kappa shape index (κ3) is 3.16. The molecule has 1 N–H and O–H groups in total. The highest BCUT2D eigenvalue weighted by atomic mass is 32.1. The maximum absolute atomic E-state index is 5.54. The highest BCUT2D eigenvalue weighted by Gasteiger charge is 2.17. The van der Waals surface area contributed by atoms with Crippen LogP contribution in [0, 0.1) is 0 Å². The minimum atomic E-state index is 0.762. The molecular weight excluding hydrogens is 280 g/mol. The van der Waals surface area contributed by atoms with Crippen LogP contribution in [0.5, 0.6) is 5.75 Å². The molecule has 0 radical (unpaired) electrons. The second kappa shape index (κ2) is 6.14. The van der Waals surface area contributed by atoms with Crippen molar-refractivity contribution in [2.24, 2.45) is 0 Å². The number of ether oxygens (including phenoxy) is 1. The number of anilines is 1. The first-order chi connectivity index (χ1) is 10.3. The van der Waals surface area contributed by atoms with Gasteiger partial charge in [0.15, 0.2) is 5.11 Å². The van der Waals surface area contributed by atoms with Crippen LogP contribution in [0.4, 0.5) is 5.69 Å². The molecule has 0 fully saturated rings. The number of thiocarbonyl (C=S) groups is 1. The fraction of sp³-hybridized carbons (Fsp3) is 0.235. The Morgan fingerprint density at radius 3 is 2.76 bits per heavy atom. The van der Waals surface area contributed by atoms with Crippen LogP contribution < -0.4 is 10.1 Å². The molecule has 2 aromatic rings. The maximum Gasteiger partial charge on any atom is 0.173 e. The molecule has 21 heavy (non-hydrogen) atoms. The Kier molecular flexibility index (Phi) is 4.06. The van der Waals surface area contributed by atoms with E-state index >= 15 is 0 Å². The Balaban J connectivity index is 1.69. The number of methoxy groups -OCH3 is 1. The van der Waals surface area contributed by atoms with Crippen molar-refractivity contribution in [3.05, 3.63) is 59.7 Å². The molecule has 1 heterocycles. The molecule has 2 aromatic carbocycles. The summed E-state index contributed by atoms with van der Waals surface area (Å²) in [6, 6.07) is 16.4. The van der Waals surface area contributed by atoms with Gasteiger partial charge in [0.05, 0.1) is 7.11 Å². The van der Waals surface area contributed by atoms with E-state index in [0.717, 1.165) is 36.1 Å². The molecule has 3 rings (SSSR count). The van der Waals surface area contributed by atoms with Crippen molar-refractivity contribution in [3.8, 4) is 5.75 Å². The minimum Gasteiger partial charge on any atom is -0.497 e. The molecule has 4 heteroatoms. The van der Waals surface area contributed by atoms with Gasteiger partial charge in [0.1, 0.15) is 5.75 Å². The Bertz CT molecular complexity index is 657. The average Bonchev–Trinajstić information content (AvgIpc) is 2.54. The normalized spacial score (nSPS) is 13.5. The zero-order chi connectivity index (χ0) is 14.7. The molecule has 0 atom stereocenters. The SMILES string of the molecule is COc1cccc(NC(=S)N2CCc3ccccc3C2)c1. The van der Waals surface area contributed by atoms with E-state index in [4.69, 9.17) is 17.0 Å². The third-order valence-corrected chi connectivity index (χ3v) is 4.10. The Morgan fingerprint density at radius 1 is 1.14 bits per heavy atom. The van der Waals surface area contributed by atoms with E-state index in [1.807, 2.05) is 24.3 Å². The van der Waals surface area contributed by atoms with Gasteiger partial charge in [0, 0.05) is 24.8 Å². The smallest absolute Gasteiger partial charge is 0.173 e. The number of nitrogens with zero attached hydrogens (tertiary/aromatic N) is 1. The quantitative estimate of drug-likeness (QED) is 0.858. The molecule has 108 valence electrons. The molecule has 0 unspecified atom stereocenters. The van der Waals surface area contributed by atoms with Crippen LogP contribution in [0.15, 0.2) is 48.5 Å². The second-order valence-electron chi connectivity index (χ2n) is 5.10. The second-order valence-corrected chi connectivity index (χ2v) is 5.49. The largest absolute Gasteiger partial charge is 0.497 e. The van der Waals surface area contributed by atoms with Crippen molar-refractivity contribution in [1.82, 2.24) is 4.90 Å². The van der Waals surface area contributed by atoms with Crippen LogP contribution in [0.3, 0.4) is 0 Å². The van der Waals surface area contributed by atoms with Crippen LogP contribution in [-0.2, 0) is 13.0 Å². The van der Waals surface area contributed by atoms with Gasteiger partial charge in [-0.1, -0.05) is 30.3 Å². The van der Waals surface area contributed by atoms with Crippen LogP contribution >= 0.6 is 12.2 Å². The van der Waals surface area contributed by atoms with Crippen molar-refractivity contribution < 1.29 is 4.74 Å². The fourth-order valence-electron chi connectivity index (χ4n) is 2.57. The van der Waals surface area contributed by atoms with Crippen LogP contribution in [-0.4, -0.2) is 23.7 Å². The summed E-state index contributed by atoms with van der Waals surface area (Å²) in [7, 11) is 1.67. The molecule has 0 aromatic heterocycles. The first kappa shape index (κ1) is 13.9. The lowest BCUT2D eigenvalue weighted by Gasteiger charge is -2.31. The lowest BCUT2D eigenvalue weighted by atomic mass is 10.0. The van der Waals surface area contributed by atoms with Crippen LogP contribution in [0.25, 0.3) is 0 Å². The maximum atomic E-state index is 5.54. The molecule has 0 bridgehead atoms. The van der Waals surface area contributed by atoms with Gasteiger partial charge < -0.3 is 15.0 Å². The summed E-state index contributed by atoms with van der Waals surface area (Å²) in [6.07, 6.45) is 1.04. The zero-order valence-electron chi connectivity index (χ0n) is 12.0. The fourth-order valence-corrected chi connectivity index (χ4v) is 2.85. The molecule has 0 spiro atoms. The van der Waals surface area contributed by atoms with E-state index in [1.165, 1.54) is 11.1 Å². The summed E-state index contributed by atoms with van der Waals surface area (Å²) in [6.45, 7) is 1.82. The van der Waals surface area contributed by atoms with E-state index in [9.17, 15) is 0 Å². The summed E-state index contributed by atoms with van der Waals surface area (Å²) in [4.78, 5) is 2.21. The molecule has 3 nitrogen and oxygen atoms in total. The van der Waals surface area contributed by atoms with Crippen molar-refractivity contribution in [3.63, 3.8) is 0 Å². The van der Waals surface area contributed by atoms with Crippen molar-refractivity contribution in [2.75, 3.05) is 19.0 Å². The van der Waals surface area contributed by atoms with Gasteiger partial charge in [0.25, 0.3) is 0 Å². The summed E-state index contributed by atoms with van der Waals surface area (Å²) in [5, 5.41) is 4.06. The predicted octanol–water partition coefficient (Wildman–Crippen LogP) is 3.45. The monoisotopic (exact) mass is 298 g/mol. The molecule has 0 aliphatic carbocycles. The van der Waals surface area contributed by atoms with Gasteiger partial charge in [-0.3, -0.25) is 0 Å². The lowest BCUT2D eigenvalue weighted by Crippen LogP contribution is -2.38. The summed E-state index contributed by atoms with van der Waals surface area (Å²) in [5.74, 6) is 0.826. The average molecular weight is 298 g/mol. The lowest BCUT2D eigenvalue weighted by molar-refractivity contribution is 0.399. The highest BCUT2D eigenvalue weighted by molar-refractivity contribution is 7.80.